The van der Waals surface area contributed by atoms with Gasteiger partial charge in [0.15, 0.2) is 11.5 Å². The fourth-order valence-corrected chi connectivity index (χ4v) is 5.33. The van der Waals surface area contributed by atoms with Crippen LogP contribution in [0.3, 0.4) is 0 Å². The zero-order valence-electron chi connectivity index (χ0n) is 21.0. The third-order valence-electron chi connectivity index (χ3n) is 6.02. The van der Waals surface area contributed by atoms with Crippen LogP contribution in [0, 0.1) is 13.8 Å². The summed E-state index contributed by atoms with van der Waals surface area (Å²) in [5.41, 5.74) is 3.16. The molecule has 0 aliphatic heterocycles. The molecule has 36 heavy (non-hydrogen) atoms. The van der Waals surface area contributed by atoms with E-state index in [1.165, 1.54) is 24.3 Å². The van der Waals surface area contributed by atoms with Gasteiger partial charge in [0.2, 0.25) is 5.91 Å². The molecule has 1 amide bonds. The molecular formula is C27H31ClN2O5S. The number of ether oxygens (including phenoxy) is 2. The van der Waals surface area contributed by atoms with E-state index in [1.807, 2.05) is 32.9 Å². The van der Waals surface area contributed by atoms with Crippen molar-refractivity contribution in [3.8, 4) is 11.5 Å². The first kappa shape index (κ1) is 27.4. The summed E-state index contributed by atoms with van der Waals surface area (Å²) in [4.78, 5) is 13.3. The first-order valence-corrected chi connectivity index (χ1v) is 13.3. The molecule has 0 fully saturated rings. The number of methoxy groups -OCH3 is 2. The Balaban J connectivity index is 1.93. The summed E-state index contributed by atoms with van der Waals surface area (Å²) < 4.78 is 39.1. The molecule has 0 saturated carbocycles. The molecule has 3 aromatic rings. The molecule has 7 nitrogen and oxygen atoms in total. The van der Waals surface area contributed by atoms with Gasteiger partial charge in [0.05, 0.1) is 30.8 Å². The molecule has 0 spiro atoms. The Morgan fingerprint density at radius 2 is 1.61 bits per heavy atom. The maximum absolute atomic E-state index is 13.6. The standard InChI is InChI=1S/C27H31ClN2O5S/c1-6-24(20-8-14-25(34-4)26(16-20)35-5)29-27(31)17-30(22-11-7-18(2)19(3)15-22)36(32,33)23-12-9-21(28)10-13-23/h7-16,24H,6,17H2,1-5H3,(H,29,31). The zero-order valence-corrected chi connectivity index (χ0v) is 22.6. The van der Waals surface area contributed by atoms with E-state index in [9.17, 15) is 13.2 Å². The summed E-state index contributed by atoms with van der Waals surface area (Å²) in [6, 6.07) is 16.3. The van der Waals surface area contributed by atoms with E-state index in [0.717, 1.165) is 21.0 Å². The summed E-state index contributed by atoms with van der Waals surface area (Å²) in [5, 5.41) is 3.39. The molecule has 0 saturated heterocycles. The second-order valence-corrected chi connectivity index (χ2v) is 10.7. The lowest BCUT2D eigenvalue weighted by Gasteiger charge is -2.26. The molecule has 192 valence electrons. The Morgan fingerprint density at radius 1 is 0.944 bits per heavy atom. The van der Waals surface area contributed by atoms with Gasteiger partial charge in [-0.25, -0.2) is 8.42 Å². The highest BCUT2D eigenvalue weighted by Crippen LogP contribution is 2.31. The minimum absolute atomic E-state index is 0.0462. The van der Waals surface area contributed by atoms with Gasteiger partial charge in [-0.05, 0) is 85.5 Å². The van der Waals surface area contributed by atoms with Crippen LogP contribution in [0.5, 0.6) is 11.5 Å². The number of sulfonamides is 1. The number of amides is 1. The fourth-order valence-electron chi connectivity index (χ4n) is 3.79. The molecule has 0 aliphatic carbocycles. The second kappa shape index (κ2) is 11.7. The number of rotatable bonds is 10. The Kier molecular flexibility index (Phi) is 8.87. The number of aryl methyl sites for hydroxylation is 2. The summed E-state index contributed by atoms with van der Waals surface area (Å²) in [6.07, 6.45) is 0.592. The average molecular weight is 531 g/mol. The molecule has 3 aromatic carbocycles. The number of halogens is 1. The van der Waals surface area contributed by atoms with Crippen LogP contribution in [0.2, 0.25) is 5.02 Å². The van der Waals surface area contributed by atoms with E-state index in [-0.39, 0.29) is 10.9 Å². The predicted octanol–water partition coefficient (Wildman–Crippen LogP) is 5.44. The predicted molar refractivity (Wildman–Crippen MR) is 143 cm³/mol. The third-order valence-corrected chi connectivity index (χ3v) is 8.06. The molecular weight excluding hydrogens is 500 g/mol. The Labute approximate surface area is 218 Å². The van der Waals surface area contributed by atoms with Crippen molar-refractivity contribution in [2.45, 2.75) is 38.1 Å². The minimum Gasteiger partial charge on any atom is -0.493 e. The third kappa shape index (κ3) is 6.12. The first-order valence-electron chi connectivity index (χ1n) is 11.5. The van der Waals surface area contributed by atoms with Gasteiger partial charge in [0.1, 0.15) is 6.54 Å². The number of nitrogens with zero attached hydrogens (tertiary/aromatic N) is 1. The summed E-state index contributed by atoms with van der Waals surface area (Å²) in [5.74, 6) is 0.689. The number of hydrogen-bond donors (Lipinski definition) is 1. The number of hydrogen-bond acceptors (Lipinski definition) is 5. The van der Waals surface area contributed by atoms with Crippen LogP contribution in [-0.2, 0) is 14.8 Å². The van der Waals surface area contributed by atoms with Crippen molar-refractivity contribution >= 4 is 33.2 Å². The quantitative estimate of drug-likeness (QED) is 0.377. The van der Waals surface area contributed by atoms with Gasteiger partial charge in [-0.15, -0.1) is 0 Å². The smallest absolute Gasteiger partial charge is 0.264 e. The van der Waals surface area contributed by atoms with Crippen LogP contribution >= 0.6 is 11.6 Å². The van der Waals surface area contributed by atoms with Crippen LogP contribution in [0.4, 0.5) is 5.69 Å². The Bertz CT molecular complexity index is 1330. The van der Waals surface area contributed by atoms with Gasteiger partial charge in [0, 0.05) is 5.02 Å². The minimum atomic E-state index is -4.05. The van der Waals surface area contributed by atoms with Gasteiger partial charge < -0.3 is 14.8 Å². The number of anilines is 1. The van der Waals surface area contributed by atoms with Crippen molar-refractivity contribution in [2.24, 2.45) is 0 Å². The van der Waals surface area contributed by atoms with Crippen molar-refractivity contribution < 1.29 is 22.7 Å². The van der Waals surface area contributed by atoms with E-state index in [4.69, 9.17) is 21.1 Å². The summed E-state index contributed by atoms with van der Waals surface area (Å²) in [6.45, 7) is 5.39. The molecule has 0 radical (unpaired) electrons. The maximum Gasteiger partial charge on any atom is 0.264 e. The Morgan fingerprint density at radius 3 is 2.19 bits per heavy atom. The van der Waals surface area contributed by atoms with E-state index < -0.39 is 22.5 Å². The van der Waals surface area contributed by atoms with Crippen molar-refractivity contribution in [1.82, 2.24) is 5.32 Å². The normalized spacial score (nSPS) is 12.1. The van der Waals surface area contributed by atoms with Gasteiger partial charge in [0.25, 0.3) is 10.0 Å². The number of carbonyl (C=O) groups excluding carboxylic acids is 1. The van der Waals surface area contributed by atoms with Gasteiger partial charge in [-0.1, -0.05) is 30.7 Å². The fraction of sp³-hybridized carbons (Fsp3) is 0.296. The van der Waals surface area contributed by atoms with E-state index in [1.54, 1.807) is 38.5 Å². The molecule has 0 heterocycles. The molecule has 1 unspecified atom stereocenters. The number of benzene rings is 3. The largest absolute Gasteiger partial charge is 0.493 e. The number of carbonyl (C=O) groups is 1. The number of nitrogens with one attached hydrogen (secondary N) is 1. The highest BCUT2D eigenvalue weighted by atomic mass is 35.5. The van der Waals surface area contributed by atoms with Crippen LogP contribution in [0.1, 0.15) is 36.1 Å². The van der Waals surface area contributed by atoms with Gasteiger partial charge in [-0.2, -0.15) is 0 Å². The average Bonchev–Trinajstić information content (AvgIpc) is 2.87. The second-order valence-electron chi connectivity index (χ2n) is 8.38. The lowest BCUT2D eigenvalue weighted by atomic mass is 10.0. The topological polar surface area (TPSA) is 84.9 Å². The molecule has 3 rings (SSSR count). The van der Waals surface area contributed by atoms with E-state index in [2.05, 4.69) is 5.32 Å². The van der Waals surface area contributed by atoms with Crippen LogP contribution < -0.4 is 19.1 Å². The SMILES string of the molecule is CCC(NC(=O)CN(c1ccc(C)c(C)c1)S(=O)(=O)c1ccc(Cl)cc1)c1ccc(OC)c(OC)c1. The van der Waals surface area contributed by atoms with Crippen molar-refractivity contribution in [1.29, 1.82) is 0 Å². The maximum atomic E-state index is 13.6. The van der Waals surface area contributed by atoms with Crippen LogP contribution in [0.15, 0.2) is 65.6 Å². The molecule has 1 atom stereocenters. The van der Waals surface area contributed by atoms with E-state index in [0.29, 0.717) is 28.6 Å². The van der Waals surface area contributed by atoms with E-state index >= 15 is 0 Å². The molecule has 0 aromatic heterocycles. The zero-order chi connectivity index (χ0) is 26.5. The lowest BCUT2D eigenvalue weighted by molar-refractivity contribution is -0.120. The van der Waals surface area contributed by atoms with Crippen molar-refractivity contribution in [2.75, 3.05) is 25.1 Å². The van der Waals surface area contributed by atoms with Crippen LogP contribution in [0.25, 0.3) is 0 Å². The monoisotopic (exact) mass is 530 g/mol. The Hall–Kier alpha value is -3.23. The molecule has 9 heteroatoms. The molecule has 0 bridgehead atoms. The molecule has 0 aliphatic rings. The van der Waals surface area contributed by atoms with Gasteiger partial charge >= 0.3 is 0 Å². The highest BCUT2D eigenvalue weighted by Gasteiger charge is 2.28. The summed E-state index contributed by atoms with van der Waals surface area (Å²) in [7, 11) is -0.945. The van der Waals surface area contributed by atoms with Crippen LogP contribution in [-0.4, -0.2) is 35.1 Å². The van der Waals surface area contributed by atoms with Crippen molar-refractivity contribution in [3.63, 3.8) is 0 Å². The lowest BCUT2D eigenvalue weighted by Crippen LogP contribution is -2.42. The molecule has 1 N–H and O–H groups in total. The van der Waals surface area contributed by atoms with Gasteiger partial charge in [-0.3, -0.25) is 9.10 Å². The van der Waals surface area contributed by atoms with Crippen molar-refractivity contribution in [3.05, 3.63) is 82.4 Å². The highest BCUT2D eigenvalue weighted by molar-refractivity contribution is 7.92. The first-order chi connectivity index (χ1) is 17.1. The summed E-state index contributed by atoms with van der Waals surface area (Å²) >= 11 is 5.96.